The summed E-state index contributed by atoms with van der Waals surface area (Å²) in [6, 6.07) is 2.92. The Morgan fingerprint density at radius 2 is 1.89 bits per heavy atom. The molecule has 1 saturated heterocycles. The van der Waals surface area contributed by atoms with Gasteiger partial charge in [-0.1, -0.05) is 11.6 Å². The number of hydrogen-bond donors (Lipinski definition) is 0. The second kappa shape index (κ2) is 9.28. The molecule has 2 rings (SSSR count). The van der Waals surface area contributed by atoms with Crippen LogP contribution in [0.4, 0.5) is 0 Å². The number of amides is 1. The van der Waals surface area contributed by atoms with Gasteiger partial charge in [0.2, 0.25) is 0 Å². The number of esters is 1. The molecule has 0 aliphatic carbocycles. The summed E-state index contributed by atoms with van der Waals surface area (Å²) in [5.74, 6) is -0.236. The zero-order valence-corrected chi connectivity index (χ0v) is 17.0. The van der Waals surface area contributed by atoms with Crippen LogP contribution in [0.1, 0.15) is 38.1 Å². The van der Waals surface area contributed by atoms with E-state index in [0.717, 1.165) is 0 Å². The zero-order valence-electron chi connectivity index (χ0n) is 16.3. The van der Waals surface area contributed by atoms with Crippen LogP contribution in [0.2, 0.25) is 5.02 Å². The number of carbonyl (C=O) groups excluding carboxylic acids is 2. The van der Waals surface area contributed by atoms with Crippen LogP contribution in [-0.4, -0.2) is 61.9 Å². The standard InChI is InChI=1S/C19H26ClNO6/c1-11(2)26-18-15(20)6-14(7-16(18)24-5)19(23)25-10-17(22)21-8-12(3)27-13(4)9-21/h6-7,11-13H,8-10H2,1-5H3/t12-,13-/m0/s1. The van der Waals surface area contributed by atoms with Gasteiger partial charge < -0.3 is 23.8 Å². The van der Waals surface area contributed by atoms with Crippen molar-refractivity contribution >= 4 is 23.5 Å². The maximum absolute atomic E-state index is 12.3. The fraction of sp³-hybridized carbons (Fsp3) is 0.579. The Morgan fingerprint density at radius 1 is 1.26 bits per heavy atom. The van der Waals surface area contributed by atoms with E-state index in [9.17, 15) is 9.59 Å². The van der Waals surface area contributed by atoms with Crippen molar-refractivity contribution in [2.24, 2.45) is 0 Å². The first-order chi connectivity index (χ1) is 12.7. The van der Waals surface area contributed by atoms with Gasteiger partial charge >= 0.3 is 5.97 Å². The smallest absolute Gasteiger partial charge is 0.338 e. The minimum atomic E-state index is -0.658. The minimum absolute atomic E-state index is 0.0510. The Morgan fingerprint density at radius 3 is 2.44 bits per heavy atom. The van der Waals surface area contributed by atoms with E-state index in [1.807, 2.05) is 27.7 Å². The van der Waals surface area contributed by atoms with E-state index in [0.29, 0.717) is 24.6 Å². The topological polar surface area (TPSA) is 74.3 Å². The van der Waals surface area contributed by atoms with Gasteiger partial charge in [0.05, 0.1) is 36.0 Å². The lowest BCUT2D eigenvalue weighted by Crippen LogP contribution is -2.49. The molecule has 1 fully saturated rings. The molecule has 0 bridgehead atoms. The van der Waals surface area contributed by atoms with E-state index in [1.54, 1.807) is 4.90 Å². The molecule has 0 saturated carbocycles. The van der Waals surface area contributed by atoms with E-state index in [4.69, 9.17) is 30.5 Å². The molecule has 150 valence electrons. The SMILES string of the molecule is COc1cc(C(=O)OCC(=O)N2C[C@H](C)O[C@@H](C)C2)cc(Cl)c1OC(C)C. The molecule has 1 aliphatic rings. The average molecular weight is 400 g/mol. The average Bonchev–Trinajstić information content (AvgIpc) is 2.59. The Bertz CT molecular complexity index is 683. The van der Waals surface area contributed by atoms with Crippen LogP contribution in [0, 0.1) is 0 Å². The number of methoxy groups -OCH3 is 1. The summed E-state index contributed by atoms with van der Waals surface area (Å²) in [5, 5.41) is 0.233. The molecule has 7 nitrogen and oxygen atoms in total. The van der Waals surface area contributed by atoms with Crippen LogP contribution >= 0.6 is 11.6 Å². The van der Waals surface area contributed by atoms with Gasteiger partial charge in [-0.15, -0.1) is 0 Å². The molecule has 0 N–H and O–H groups in total. The normalized spacial score (nSPS) is 19.7. The number of ether oxygens (including phenoxy) is 4. The summed E-state index contributed by atoms with van der Waals surface area (Å²) in [6.07, 6.45) is -0.208. The van der Waals surface area contributed by atoms with E-state index in [1.165, 1.54) is 19.2 Å². The van der Waals surface area contributed by atoms with Crippen molar-refractivity contribution in [3.63, 3.8) is 0 Å². The highest BCUT2D eigenvalue weighted by molar-refractivity contribution is 6.32. The van der Waals surface area contributed by atoms with Gasteiger partial charge in [0.15, 0.2) is 18.1 Å². The largest absolute Gasteiger partial charge is 0.493 e. The van der Waals surface area contributed by atoms with Crippen molar-refractivity contribution in [2.75, 3.05) is 26.8 Å². The third-order valence-corrected chi connectivity index (χ3v) is 4.20. The fourth-order valence-electron chi connectivity index (χ4n) is 2.87. The van der Waals surface area contributed by atoms with E-state index in [2.05, 4.69) is 0 Å². The van der Waals surface area contributed by atoms with Gasteiger partial charge in [0.1, 0.15) is 0 Å². The second-order valence-corrected chi connectivity index (χ2v) is 7.20. The monoisotopic (exact) mass is 399 g/mol. The first-order valence-electron chi connectivity index (χ1n) is 8.85. The highest BCUT2D eigenvalue weighted by Crippen LogP contribution is 2.37. The quantitative estimate of drug-likeness (QED) is 0.685. The first kappa shape index (κ1) is 21.3. The van der Waals surface area contributed by atoms with Crippen LogP contribution in [0.15, 0.2) is 12.1 Å². The molecular formula is C19H26ClNO6. The number of morpholine rings is 1. The maximum atomic E-state index is 12.3. The molecule has 27 heavy (non-hydrogen) atoms. The van der Waals surface area contributed by atoms with Crippen molar-refractivity contribution in [2.45, 2.75) is 46.0 Å². The van der Waals surface area contributed by atoms with Crippen molar-refractivity contribution < 1.29 is 28.5 Å². The van der Waals surface area contributed by atoms with Gasteiger partial charge in [-0.25, -0.2) is 4.79 Å². The number of benzene rings is 1. The van der Waals surface area contributed by atoms with Gasteiger partial charge in [-0.3, -0.25) is 4.79 Å². The molecule has 0 aromatic heterocycles. The lowest BCUT2D eigenvalue weighted by atomic mass is 10.2. The van der Waals surface area contributed by atoms with Crippen molar-refractivity contribution in [1.29, 1.82) is 0 Å². The van der Waals surface area contributed by atoms with E-state index >= 15 is 0 Å². The van der Waals surface area contributed by atoms with Crippen LogP contribution in [0.5, 0.6) is 11.5 Å². The zero-order chi connectivity index (χ0) is 20.1. The Hall–Kier alpha value is -1.99. The lowest BCUT2D eigenvalue weighted by Gasteiger charge is -2.35. The Kier molecular flexibility index (Phi) is 7.33. The molecule has 1 aliphatic heterocycles. The molecular weight excluding hydrogens is 374 g/mol. The molecule has 1 aromatic rings. The molecule has 2 atom stereocenters. The Labute approximate surface area is 164 Å². The second-order valence-electron chi connectivity index (χ2n) is 6.79. The molecule has 1 amide bonds. The third kappa shape index (κ3) is 5.74. The van der Waals surface area contributed by atoms with Gasteiger partial charge in [0.25, 0.3) is 5.91 Å². The predicted octanol–water partition coefficient (Wildman–Crippen LogP) is 2.93. The summed E-state index contributed by atoms with van der Waals surface area (Å²) in [7, 11) is 1.46. The van der Waals surface area contributed by atoms with Crippen molar-refractivity contribution in [3.8, 4) is 11.5 Å². The van der Waals surface area contributed by atoms with Gasteiger partial charge in [0, 0.05) is 13.1 Å². The lowest BCUT2D eigenvalue weighted by molar-refractivity contribution is -0.146. The number of carbonyl (C=O) groups is 2. The molecule has 8 heteroatoms. The number of hydrogen-bond acceptors (Lipinski definition) is 6. The third-order valence-electron chi connectivity index (χ3n) is 3.92. The molecule has 1 heterocycles. The molecule has 0 spiro atoms. The van der Waals surface area contributed by atoms with Gasteiger partial charge in [-0.05, 0) is 39.8 Å². The van der Waals surface area contributed by atoms with Crippen LogP contribution in [0.3, 0.4) is 0 Å². The van der Waals surface area contributed by atoms with Crippen LogP contribution < -0.4 is 9.47 Å². The summed E-state index contributed by atoms with van der Waals surface area (Å²) in [5.41, 5.74) is 0.185. The summed E-state index contributed by atoms with van der Waals surface area (Å²) in [4.78, 5) is 26.3. The minimum Gasteiger partial charge on any atom is -0.493 e. The molecule has 0 radical (unpaired) electrons. The number of nitrogens with zero attached hydrogens (tertiary/aromatic N) is 1. The summed E-state index contributed by atoms with van der Waals surface area (Å²) >= 11 is 6.22. The molecule has 1 aromatic carbocycles. The summed E-state index contributed by atoms with van der Waals surface area (Å²) < 4.78 is 21.6. The first-order valence-corrected chi connectivity index (χ1v) is 9.23. The predicted molar refractivity (Wildman–Crippen MR) is 101 cm³/mol. The van der Waals surface area contributed by atoms with Crippen LogP contribution in [-0.2, 0) is 14.3 Å². The van der Waals surface area contributed by atoms with E-state index < -0.39 is 5.97 Å². The Balaban J connectivity index is 2.03. The number of halogens is 1. The van der Waals surface area contributed by atoms with Crippen molar-refractivity contribution in [3.05, 3.63) is 22.7 Å². The van der Waals surface area contributed by atoms with Crippen molar-refractivity contribution in [1.82, 2.24) is 4.90 Å². The van der Waals surface area contributed by atoms with Gasteiger partial charge in [-0.2, -0.15) is 0 Å². The molecule has 0 unspecified atom stereocenters. The van der Waals surface area contributed by atoms with E-state index in [-0.39, 0.29) is 41.4 Å². The highest BCUT2D eigenvalue weighted by atomic mass is 35.5. The number of rotatable bonds is 6. The van der Waals surface area contributed by atoms with Crippen LogP contribution in [0.25, 0.3) is 0 Å². The fourth-order valence-corrected chi connectivity index (χ4v) is 3.13. The maximum Gasteiger partial charge on any atom is 0.338 e. The summed E-state index contributed by atoms with van der Waals surface area (Å²) in [6.45, 7) is 8.12. The highest BCUT2D eigenvalue weighted by Gasteiger charge is 2.27.